The number of ketones is 1. The fraction of sp³-hybridized carbons (Fsp3) is 0.700. The SMILES string of the molecule is CCCCCC=CCC1C(O)CC(=O)C1CC=CCCCC(=O)O. The van der Waals surface area contributed by atoms with Gasteiger partial charge < -0.3 is 10.2 Å². The summed E-state index contributed by atoms with van der Waals surface area (Å²) in [6, 6.07) is 0. The van der Waals surface area contributed by atoms with Crippen molar-refractivity contribution in [2.24, 2.45) is 11.8 Å². The van der Waals surface area contributed by atoms with Crippen LogP contribution in [-0.4, -0.2) is 28.1 Å². The fourth-order valence-electron chi connectivity index (χ4n) is 3.26. The van der Waals surface area contributed by atoms with E-state index in [-0.39, 0.29) is 30.5 Å². The molecule has 1 aliphatic carbocycles. The van der Waals surface area contributed by atoms with E-state index >= 15 is 0 Å². The minimum absolute atomic E-state index is 0.0172. The minimum atomic E-state index is -0.775. The maximum Gasteiger partial charge on any atom is 0.303 e. The zero-order chi connectivity index (χ0) is 17.8. The monoisotopic (exact) mass is 336 g/mol. The molecule has 1 rings (SSSR count). The molecule has 3 unspecified atom stereocenters. The van der Waals surface area contributed by atoms with Crippen LogP contribution in [0, 0.1) is 11.8 Å². The fourth-order valence-corrected chi connectivity index (χ4v) is 3.26. The van der Waals surface area contributed by atoms with Crippen molar-refractivity contribution in [1.29, 1.82) is 0 Å². The molecule has 0 amide bonds. The molecule has 3 atom stereocenters. The number of rotatable bonds is 12. The first-order valence-electron chi connectivity index (χ1n) is 9.28. The van der Waals surface area contributed by atoms with Crippen molar-refractivity contribution in [2.45, 2.75) is 77.2 Å². The summed E-state index contributed by atoms with van der Waals surface area (Å²) in [4.78, 5) is 22.5. The van der Waals surface area contributed by atoms with E-state index in [9.17, 15) is 14.7 Å². The predicted octanol–water partition coefficient (Wildman–Crippen LogP) is 4.28. The van der Waals surface area contributed by atoms with Crippen LogP contribution in [0.25, 0.3) is 0 Å². The van der Waals surface area contributed by atoms with E-state index in [2.05, 4.69) is 19.1 Å². The van der Waals surface area contributed by atoms with Gasteiger partial charge in [-0.25, -0.2) is 0 Å². The van der Waals surface area contributed by atoms with Gasteiger partial charge in [0, 0.05) is 18.8 Å². The molecule has 24 heavy (non-hydrogen) atoms. The van der Waals surface area contributed by atoms with Crippen LogP contribution in [0.3, 0.4) is 0 Å². The van der Waals surface area contributed by atoms with Crippen molar-refractivity contribution in [2.75, 3.05) is 0 Å². The molecule has 2 N–H and O–H groups in total. The molecule has 0 radical (unpaired) electrons. The second kappa shape index (κ2) is 12.0. The van der Waals surface area contributed by atoms with Crippen LogP contribution in [0.5, 0.6) is 0 Å². The Morgan fingerprint density at radius 2 is 1.75 bits per heavy atom. The van der Waals surface area contributed by atoms with Gasteiger partial charge in [0.15, 0.2) is 0 Å². The number of carboxylic acids is 1. The van der Waals surface area contributed by atoms with Gasteiger partial charge in [-0.05, 0) is 44.4 Å². The highest BCUT2D eigenvalue weighted by Gasteiger charge is 2.39. The van der Waals surface area contributed by atoms with Gasteiger partial charge in [0.25, 0.3) is 0 Å². The van der Waals surface area contributed by atoms with Gasteiger partial charge in [-0.15, -0.1) is 0 Å². The van der Waals surface area contributed by atoms with E-state index < -0.39 is 12.1 Å². The normalized spacial score (nSPS) is 24.4. The summed E-state index contributed by atoms with van der Waals surface area (Å²) < 4.78 is 0. The summed E-state index contributed by atoms with van der Waals surface area (Å²) in [6.45, 7) is 2.18. The quantitative estimate of drug-likeness (QED) is 0.412. The number of aliphatic hydroxyl groups excluding tert-OH is 1. The Morgan fingerprint density at radius 1 is 1.08 bits per heavy atom. The zero-order valence-corrected chi connectivity index (χ0v) is 14.8. The number of aliphatic carboxylic acids is 1. The molecule has 4 heteroatoms. The summed E-state index contributed by atoms with van der Waals surface area (Å²) in [5.41, 5.74) is 0. The summed E-state index contributed by atoms with van der Waals surface area (Å²) in [6.07, 6.45) is 15.6. The van der Waals surface area contributed by atoms with Crippen LogP contribution in [0.4, 0.5) is 0 Å². The van der Waals surface area contributed by atoms with Crippen LogP contribution in [0.1, 0.15) is 71.1 Å². The number of Topliss-reactive ketones (excluding diaryl/α,β-unsaturated/α-hetero) is 1. The highest BCUT2D eigenvalue weighted by molar-refractivity contribution is 5.84. The molecule has 1 saturated carbocycles. The molecule has 0 bridgehead atoms. The van der Waals surface area contributed by atoms with Crippen molar-refractivity contribution in [3.8, 4) is 0 Å². The van der Waals surface area contributed by atoms with E-state index in [1.807, 2.05) is 12.2 Å². The lowest BCUT2D eigenvalue weighted by molar-refractivity contribution is -0.137. The highest BCUT2D eigenvalue weighted by atomic mass is 16.4. The third kappa shape index (κ3) is 7.91. The molecular formula is C20H32O4. The average molecular weight is 336 g/mol. The first kappa shape index (κ1) is 20.6. The number of carboxylic acid groups (broad SMARTS) is 1. The Kier molecular flexibility index (Phi) is 10.3. The second-order valence-corrected chi connectivity index (χ2v) is 6.70. The molecule has 0 saturated heterocycles. The lowest BCUT2D eigenvalue weighted by Crippen LogP contribution is -2.19. The van der Waals surface area contributed by atoms with Crippen LogP contribution in [0.2, 0.25) is 0 Å². The molecule has 1 fully saturated rings. The summed E-state index contributed by atoms with van der Waals surface area (Å²) in [5, 5.41) is 18.7. The second-order valence-electron chi connectivity index (χ2n) is 6.70. The number of carbonyl (C=O) groups is 2. The lowest BCUT2D eigenvalue weighted by atomic mass is 9.88. The topological polar surface area (TPSA) is 74.6 Å². The molecule has 0 aromatic rings. The number of unbranched alkanes of at least 4 members (excludes halogenated alkanes) is 4. The van der Waals surface area contributed by atoms with Gasteiger partial charge >= 0.3 is 5.97 Å². The molecule has 0 aliphatic heterocycles. The standard InChI is InChI=1S/C20H32O4/c1-2-3-4-5-6-9-12-16-17(19(22)15-18(16)21)13-10-7-8-11-14-20(23)24/h6-7,9-10,16-18,21H,2-5,8,11-15H2,1H3,(H,23,24). The Hall–Kier alpha value is -1.42. The average Bonchev–Trinajstić information content (AvgIpc) is 2.80. The van der Waals surface area contributed by atoms with Gasteiger partial charge in [-0.3, -0.25) is 9.59 Å². The molecule has 0 spiro atoms. The summed E-state index contributed by atoms with van der Waals surface area (Å²) >= 11 is 0. The van der Waals surface area contributed by atoms with Crippen molar-refractivity contribution < 1.29 is 19.8 Å². The third-order valence-corrected chi connectivity index (χ3v) is 4.70. The van der Waals surface area contributed by atoms with Crippen LogP contribution < -0.4 is 0 Å². The van der Waals surface area contributed by atoms with E-state index in [1.165, 1.54) is 19.3 Å². The number of aliphatic hydroxyl groups is 1. The Labute approximate surface area is 145 Å². The van der Waals surface area contributed by atoms with Crippen LogP contribution in [-0.2, 0) is 9.59 Å². The zero-order valence-electron chi connectivity index (χ0n) is 14.8. The van der Waals surface area contributed by atoms with E-state index in [0.29, 0.717) is 12.8 Å². The smallest absolute Gasteiger partial charge is 0.303 e. The van der Waals surface area contributed by atoms with Gasteiger partial charge in [0.2, 0.25) is 0 Å². The Bertz CT molecular complexity index is 439. The molecule has 0 aromatic carbocycles. The summed E-state index contributed by atoms with van der Waals surface area (Å²) in [5.74, 6) is -0.704. The van der Waals surface area contributed by atoms with Crippen molar-refractivity contribution in [3.63, 3.8) is 0 Å². The molecule has 4 nitrogen and oxygen atoms in total. The van der Waals surface area contributed by atoms with E-state index in [1.54, 1.807) is 0 Å². The Morgan fingerprint density at radius 3 is 2.42 bits per heavy atom. The predicted molar refractivity (Wildman–Crippen MR) is 95.8 cm³/mol. The van der Waals surface area contributed by atoms with Gasteiger partial charge in [-0.2, -0.15) is 0 Å². The lowest BCUT2D eigenvalue weighted by Gasteiger charge is -2.18. The van der Waals surface area contributed by atoms with Gasteiger partial charge in [-0.1, -0.05) is 44.1 Å². The van der Waals surface area contributed by atoms with Crippen molar-refractivity contribution >= 4 is 11.8 Å². The number of carbonyl (C=O) groups excluding carboxylic acids is 1. The van der Waals surface area contributed by atoms with Crippen molar-refractivity contribution in [1.82, 2.24) is 0 Å². The van der Waals surface area contributed by atoms with Crippen LogP contribution >= 0.6 is 0 Å². The molecular weight excluding hydrogens is 304 g/mol. The van der Waals surface area contributed by atoms with Gasteiger partial charge in [0.1, 0.15) is 5.78 Å². The Balaban J connectivity index is 2.37. The van der Waals surface area contributed by atoms with E-state index in [0.717, 1.165) is 19.3 Å². The highest BCUT2D eigenvalue weighted by Crippen LogP contribution is 2.34. The minimum Gasteiger partial charge on any atom is -0.481 e. The molecule has 0 aromatic heterocycles. The first-order valence-corrected chi connectivity index (χ1v) is 9.28. The van der Waals surface area contributed by atoms with Gasteiger partial charge in [0.05, 0.1) is 6.10 Å². The number of allylic oxidation sites excluding steroid dienone is 4. The molecule has 1 aliphatic rings. The van der Waals surface area contributed by atoms with E-state index in [4.69, 9.17) is 5.11 Å². The summed E-state index contributed by atoms with van der Waals surface area (Å²) in [7, 11) is 0. The maximum absolute atomic E-state index is 12.1. The number of hydrogen-bond donors (Lipinski definition) is 2. The molecule has 0 heterocycles. The largest absolute Gasteiger partial charge is 0.481 e. The number of hydrogen-bond acceptors (Lipinski definition) is 3. The van der Waals surface area contributed by atoms with Crippen molar-refractivity contribution in [3.05, 3.63) is 24.3 Å². The first-order chi connectivity index (χ1) is 11.6. The molecule has 136 valence electrons. The third-order valence-electron chi connectivity index (χ3n) is 4.70. The maximum atomic E-state index is 12.1. The van der Waals surface area contributed by atoms with Crippen LogP contribution in [0.15, 0.2) is 24.3 Å².